The van der Waals surface area contributed by atoms with Crippen molar-refractivity contribution in [3.05, 3.63) is 53.6 Å². The second kappa shape index (κ2) is 6.99. The van der Waals surface area contributed by atoms with E-state index in [0.29, 0.717) is 18.1 Å². The van der Waals surface area contributed by atoms with Gasteiger partial charge < -0.3 is 20.3 Å². The highest BCUT2D eigenvalue weighted by Gasteiger charge is 2.07. The van der Waals surface area contributed by atoms with Gasteiger partial charge in [0.1, 0.15) is 12.4 Å². The van der Waals surface area contributed by atoms with Crippen LogP contribution in [-0.4, -0.2) is 18.3 Å². The number of rotatable bonds is 6. The van der Waals surface area contributed by atoms with E-state index in [1.807, 2.05) is 37.3 Å². The quantitative estimate of drug-likeness (QED) is 0.857. The highest BCUT2D eigenvalue weighted by molar-refractivity contribution is 5.43. The lowest BCUT2D eigenvalue weighted by Gasteiger charge is -2.13. The van der Waals surface area contributed by atoms with Crippen LogP contribution in [0.4, 0.5) is 0 Å². The second-order valence-electron chi connectivity index (χ2n) is 5.12. The zero-order valence-electron chi connectivity index (χ0n) is 12.4. The van der Waals surface area contributed by atoms with E-state index in [9.17, 15) is 5.11 Å². The van der Waals surface area contributed by atoms with Crippen LogP contribution in [0.1, 0.15) is 18.1 Å². The van der Waals surface area contributed by atoms with Crippen LogP contribution >= 0.6 is 0 Å². The van der Waals surface area contributed by atoms with Crippen LogP contribution in [0.3, 0.4) is 0 Å². The number of ether oxygens (including phenoxy) is 2. The predicted molar refractivity (Wildman–Crippen MR) is 82.8 cm³/mol. The summed E-state index contributed by atoms with van der Waals surface area (Å²) in [6.07, 6.45) is 0.791. The molecule has 0 aliphatic rings. The molecular weight excluding hydrogens is 266 g/mol. The SMILES string of the molecule is COc1ccc(CC(C)N)cc1OCc1ccc(O)cc1. The predicted octanol–water partition coefficient (Wildman–Crippen LogP) is 2.87. The standard InChI is InChI=1S/C17H21NO3/c1-12(18)9-14-5-8-16(20-2)17(10-14)21-11-13-3-6-15(19)7-4-13/h3-8,10,12,19H,9,11,18H2,1-2H3. The summed E-state index contributed by atoms with van der Waals surface area (Å²) in [6, 6.07) is 12.9. The zero-order chi connectivity index (χ0) is 15.2. The molecule has 1 unspecified atom stereocenters. The van der Waals surface area contributed by atoms with E-state index in [1.165, 1.54) is 0 Å². The van der Waals surface area contributed by atoms with Crippen LogP contribution in [0.5, 0.6) is 17.2 Å². The number of hydrogen-bond donors (Lipinski definition) is 2. The summed E-state index contributed by atoms with van der Waals surface area (Å²) >= 11 is 0. The molecule has 0 bridgehead atoms. The maximum absolute atomic E-state index is 9.27. The van der Waals surface area contributed by atoms with E-state index in [1.54, 1.807) is 19.2 Å². The van der Waals surface area contributed by atoms with Crippen molar-refractivity contribution in [2.75, 3.05) is 7.11 Å². The zero-order valence-corrected chi connectivity index (χ0v) is 12.4. The first-order chi connectivity index (χ1) is 10.1. The average molecular weight is 287 g/mol. The first-order valence-corrected chi connectivity index (χ1v) is 6.91. The van der Waals surface area contributed by atoms with Crippen LogP contribution in [0.2, 0.25) is 0 Å². The van der Waals surface area contributed by atoms with Crippen molar-refractivity contribution in [2.24, 2.45) is 5.73 Å². The minimum atomic E-state index is 0.100. The van der Waals surface area contributed by atoms with Gasteiger partial charge in [-0.3, -0.25) is 0 Å². The number of methoxy groups -OCH3 is 1. The first kappa shape index (κ1) is 15.2. The van der Waals surface area contributed by atoms with Gasteiger partial charge in [0.2, 0.25) is 0 Å². The molecule has 1 atom stereocenters. The first-order valence-electron chi connectivity index (χ1n) is 6.91. The van der Waals surface area contributed by atoms with Crippen LogP contribution in [-0.2, 0) is 13.0 Å². The fourth-order valence-electron chi connectivity index (χ4n) is 2.09. The highest BCUT2D eigenvalue weighted by atomic mass is 16.5. The van der Waals surface area contributed by atoms with Crippen molar-refractivity contribution >= 4 is 0 Å². The van der Waals surface area contributed by atoms with Crippen molar-refractivity contribution < 1.29 is 14.6 Å². The van der Waals surface area contributed by atoms with E-state index in [0.717, 1.165) is 17.5 Å². The highest BCUT2D eigenvalue weighted by Crippen LogP contribution is 2.29. The van der Waals surface area contributed by atoms with Gasteiger partial charge in [-0.2, -0.15) is 0 Å². The fraction of sp³-hybridized carbons (Fsp3) is 0.294. The third-order valence-electron chi connectivity index (χ3n) is 3.12. The summed E-state index contributed by atoms with van der Waals surface area (Å²) in [7, 11) is 1.62. The smallest absolute Gasteiger partial charge is 0.161 e. The van der Waals surface area contributed by atoms with E-state index in [2.05, 4.69) is 0 Å². The fourth-order valence-corrected chi connectivity index (χ4v) is 2.09. The van der Waals surface area contributed by atoms with Crippen molar-refractivity contribution in [3.63, 3.8) is 0 Å². The van der Waals surface area contributed by atoms with Crippen molar-refractivity contribution in [1.82, 2.24) is 0 Å². The number of nitrogens with two attached hydrogens (primary N) is 1. The number of aromatic hydroxyl groups is 1. The number of phenols is 1. The Bertz CT molecular complexity index is 579. The summed E-state index contributed by atoms with van der Waals surface area (Å²) in [4.78, 5) is 0. The van der Waals surface area contributed by atoms with Gasteiger partial charge in [0.15, 0.2) is 11.5 Å². The molecule has 0 aliphatic heterocycles. The van der Waals surface area contributed by atoms with E-state index >= 15 is 0 Å². The molecule has 0 spiro atoms. The van der Waals surface area contributed by atoms with Crippen LogP contribution in [0.25, 0.3) is 0 Å². The van der Waals surface area contributed by atoms with Gasteiger partial charge >= 0.3 is 0 Å². The third kappa shape index (κ3) is 4.39. The molecule has 0 aliphatic carbocycles. The average Bonchev–Trinajstić information content (AvgIpc) is 2.46. The summed E-state index contributed by atoms with van der Waals surface area (Å²) in [5.74, 6) is 1.64. The van der Waals surface area contributed by atoms with Gasteiger partial charge in [0.25, 0.3) is 0 Å². The van der Waals surface area contributed by atoms with E-state index < -0.39 is 0 Å². The molecule has 0 fully saturated rings. The lowest BCUT2D eigenvalue weighted by Crippen LogP contribution is -2.17. The Kier molecular flexibility index (Phi) is 5.06. The lowest BCUT2D eigenvalue weighted by atomic mass is 10.1. The molecule has 112 valence electrons. The molecular formula is C17H21NO3. The second-order valence-corrected chi connectivity index (χ2v) is 5.12. The summed E-state index contributed by atoms with van der Waals surface area (Å²) in [6.45, 7) is 2.39. The Morgan fingerprint density at radius 1 is 1.05 bits per heavy atom. The third-order valence-corrected chi connectivity index (χ3v) is 3.12. The Labute approximate surface area is 125 Å². The molecule has 0 saturated heterocycles. The Hall–Kier alpha value is -2.20. The molecule has 4 heteroatoms. The minimum absolute atomic E-state index is 0.100. The topological polar surface area (TPSA) is 64.7 Å². The van der Waals surface area contributed by atoms with Gasteiger partial charge in [-0.1, -0.05) is 18.2 Å². The maximum atomic E-state index is 9.27. The molecule has 2 aromatic carbocycles. The Balaban J connectivity index is 2.11. The molecule has 0 saturated carbocycles. The van der Waals surface area contributed by atoms with Crippen LogP contribution < -0.4 is 15.2 Å². The molecule has 0 heterocycles. The van der Waals surface area contributed by atoms with Crippen molar-refractivity contribution in [1.29, 1.82) is 0 Å². The molecule has 3 N–H and O–H groups in total. The summed E-state index contributed by atoms with van der Waals surface area (Å²) in [5, 5.41) is 9.27. The van der Waals surface area contributed by atoms with Gasteiger partial charge in [-0.25, -0.2) is 0 Å². The van der Waals surface area contributed by atoms with Gasteiger partial charge in [0, 0.05) is 6.04 Å². The molecule has 0 amide bonds. The summed E-state index contributed by atoms with van der Waals surface area (Å²) in [5.41, 5.74) is 7.92. The van der Waals surface area contributed by atoms with Crippen LogP contribution in [0.15, 0.2) is 42.5 Å². The molecule has 2 aromatic rings. The minimum Gasteiger partial charge on any atom is -0.508 e. The van der Waals surface area contributed by atoms with Gasteiger partial charge in [-0.15, -0.1) is 0 Å². The largest absolute Gasteiger partial charge is 0.508 e. The number of hydrogen-bond acceptors (Lipinski definition) is 4. The maximum Gasteiger partial charge on any atom is 0.161 e. The van der Waals surface area contributed by atoms with Gasteiger partial charge in [-0.05, 0) is 48.7 Å². The monoisotopic (exact) mass is 287 g/mol. The molecule has 4 nitrogen and oxygen atoms in total. The molecule has 0 radical (unpaired) electrons. The lowest BCUT2D eigenvalue weighted by molar-refractivity contribution is 0.284. The van der Waals surface area contributed by atoms with Crippen molar-refractivity contribution in [3.8, 4) is 17.2 Å². The van der Waals surface area contributed by atoms with Gasteiger partial charge in [0.05, 0.1) is 7.11 Å². The number of phenolic OH excluding ortho intramolecular Hbond substituents is 1. The molecule has 21 heavy (non-hydrogen) atoms. The normalized spacial score (nSPS) is 12.0. The molecule has 0 aromatic heterocycles. The van der Waals surface area contributed by atoms with Crippen molar-refractivity contribution in [2.45, 2.75) is 26.0 Å². The molecule has 2 rings (SSSR count). The Morgan fingerprint density at radius 2 is 1.71 bits per heavy atom. The van der Waals surface area contributed by atoms with E-state index in [4.69, 9.17) is 15.2 Å². The van der Waals surface area contributed by atoms with Crippen LogP contribution in [0, 0.1) is 0 Å². The Morgan fingerprint density at radius 3 is 2.33 bits per heavy atom. The number of benzene rings is 2. The summed E-state index contributed by atoms with van der Waals surface area (Å²) < 4.78 is 11.1. The van der Waals surface area contributed by atoms with E-state index in [-0.39, 0.29) is 11.8 Å².